The molecule has 6 heteroatoms. The van der Waals surface area contributed by atoms with E-state index in [0.29, 0.717) is 5.71 Å². The Balaban J connectivity index is 2.46. The summed E-state index contributed by atoms with van der Waals surface area (Å²) in [6.07, 6.45) is 1.93. The Kier molecular flexibility index (Phi) is 2.80. The van der Waals surface area contributed by atoms with Crippen LogP contribution in [0.2, 0.25) is 0 Å². The Labute approximate surface area is 109 Å². The highest BCUT2D eigenvalue weighted by atomic mass is 79.9. The number of alkyl halides is 1. The van der Waals surface area contributed by atoms with Gasteiger partial charge in [-0.1, -0.05) is 29.8 Å². The molecule has 5 N–H and O–H groups in total. The van der Waals surface area contributed by atoms with E-state index in [1.807, 2.05) is 6.92 Å². The molecule has 2 aliphatic rings. The van der Waals surface area contributed by atoms with Gasteiger partial charge in [0.05, 0.1) is 0 Å². The van der Waals surface area contributed by atoms with Gasteiger partial charge in [-0.05, 0) is 18.3 Å². The van der Waals surface area contributed by atoms with Crippen LogP contribution in [0.1, 0.15) is 26.7 Å². The van der Waals surface area contributed by atoms with E-state index in [0.717, 1.165) is 18.2 Å². The van der Waals surface area contributed by atoms with Crippen LogP contribution in [0.4, 0.5) is 0 Å². The highest BCUT2D eigenvalue weighted by Gasteiger charge is 2.67. The third-order valence-corrected chi connectivity index (χ3v) is 5.77. The Morgan fingerprint density at radius 2 is 2.24 bits per heavy atom. The number of carbonyl (C=O) groups is 1. The minimum atomic E-state index is -0.314. The van der Waals surface area contributed by atoms with Crippen molar-refractivity contribution in [2.45, 2.75) is 26.7 Å². The van der Waals surface area contributed by atoms with Crippen molar-refractivity contribution >= 4 is 33.4 Å². The fraction of sp³-hybridized carbons (Fsp3) is 0.727. The molecule has 94 valence electrons. The lowest BCUT2D eigenvalue weighted by atomic mass is 9.70. The Morgan fingerprint density at radius 3 is 2.71 bits per heavy atom. The van der Waals surface area contributed by atoms with Gasteiger partial charge in [0.15, 0.2) is 5.78 Å². The first-order valence-electron chi connectivity index (χ1n) is 5.69. The van der Waals surface area contributed by atoms with Crippen molar-refractivity contribution in [2.24, 2.45) is 33.3 Å². The summed E-state index contributed by atoms with van der Waals surface area (Å²) in [6, 6.07) is 0. The molecule has 0 saturated heterocycles. The summed E-state index contributed by atoms with van der Waals surface area (Å²) in [6.45, 7) is 4.18. The standard InChI is InChI=1S/C11H17BrN4O/c1-10-4-3-6(11(10,2)5-12)7(8(10)17)15-16-9(13)14/h6H,3-5H2,1-2H3,(H4,13,14,16)/p+1/b15-7+/t6-,10+,11-/m0/s1. The summed E-state index contributed by atoms with van der Waals surface area (Å²) < 4.78 is 0. The van der Waals surface area contributed by atoms with E-state index >= 15 is 0 Å². The predicted molar refractivity (Wildman–Crippen MR) is 69.5 cm³/mol. The second kappa shape index (κ2) is 3.80. The number of nitrogens with zero attached hydrogens (tertiary/aromatic N) is 1. The molecule has 0 aromatic heterocycles. The lowest BCUT2D eigenvalue weighted by Gasteiger charge is -2.33. The maximum absolute atomic E-state index is 12.4. The van der Waals surface area contributed by atoms with Crippen LogP contribution in [0.15, 0.2) is 5.10 Å². The van der Waals surface area contributed by atoms with Crippen LogP contribution >= 0.6 is 15.9 Å². The highest BCUT2D eigenvalue weighted by molar-refractivity contribution is 9.09. The van der Waals surface area contributed by atoms with Gasteiger partial charge in [0.1, 0.15) is 5.71 Å². The van der Waals surface area contributed by atoms with Crippen molar-refractivity contribution in [1.29, 1.82) is 0 Å². The third kappa shape index (κ3) is 1.46. The molecule has 2 aliphatic carbocycles. The van der Waals surface area contributed by atoms with Gasteiger partial charge in [-0.15, -0.1) is 5.10 Å². The topological polar surface area (TPSA) is 95.4 Å². The van der Waals surface area contributed by atoms with Gasteiger partial charge in [-0.25, -0.2) is 0 Å². The van der Waals surface area contributed by atoms with Gasteiger partial charge in [0.2, 0.25) is 0 Å². The molecule has 0 aromatic rings. The fourth-order valence-corrected chi connectivity index (χ4v) is 4.18. The predicted octanol–water partition coefficient (Wildman–Crippen LogP) is -0.903. The average Bonchev–Trinajstić information content (AvgIpc) is 2.62. The van der Waals surface area contributed by atoms with E-state index in [1.165, 1.54) is 0 Å². The zero-order chi connectivity index (χ0) is 12.8. The van der Waals surface area contributed by atoms with Crippen molar-refractivity contribution < 1.29 is 9.90 Å². The maximum atomic E-state index is 12.4. The molecule has 0 heterocycles. The van der Waals surface area contributed by atoms with E-state index < -0.39 is 0 Å². The Morgan fingerprint density at radius 1 is 1.59 bits per heavy atom. The summed E-state index contributed by atoms with van der Waals surface area (Å²) in [4.78, 5) is 12.4. The number of carbonyl (C=O) groups excluding carboxylic acids is 1. The van der Waals surface area contributed by atoms with Gasteiger partial charge in [-0.2, -0.15) is 5.10 Å². The first kappa shape index (κ1) is 12.5. The minimum Gasteiger partial charge on any atom is -0.292 e. The van der Waals surface area contributed by atoms with Crippen molar-refractivity contribution in [2.75, 3.05) is 5.33 Å². The van der Waals surface area contributed by atoms with Crippen molar-refractivity contribution in [3.05, 3.63) is 0 Å². The summed E-state index contributed by atoms with van der Waals surface area (Å²) in [5.74, 6) is 0.328. The molecule has 2 bridgehead atoms. The molecule has 0 amide bonds. The van der Waals surface area contributed by atoms with E-state index in [-0.39, 0.29) is 28.5 Å². The summed E-state index contributed by atoms with van der Waals surface area (Å²) in [5, 5.41) is 7.39. The van der Waals surface area contributed by atoms with E-state index in [4.69, 9.17) is 11.5 Å². The molecule has 0 aromatic carbocycles. The zero-order valence-electron chi connectivity index (χ0n) is 10.1. The maximum Gasteiger partial charge on any atom is 0.362 e. The number of nitrogens with one attached hydrogen (secondary N) is 1. The van der Waals surface area contributed by atoms with Gasteiger partial charge >= 0.3 is 5.96 Å². The molecule has 2 fully saturated rings. The second-order valence-corrected chi connectivity index (χ2v) is 5.93. The normalized spacial score (nSPS) is 42.2. The molecule has 2 saturated carbocycles. The number of guanidine groups is 1. The summed E-state index contributed by atoms with van der Waals surface area (Å²) in [7, 11) is 0. The van der Waals surface area contributed by atoms with Crippen molar-refractivity contribution in [3.63, 3.8) is 0 Å². The van der Waals surface area contributed by atoms with Gasteiger partial charge < -0.3 is 0 Å². The van der Waals surface area contributed by atoms with Crippen LogP contribution in [0.25, 0.3) is 0 Å². The SMILES string of the molecule is C[C@]1(CBr)[C@H]2CC[C@]1(C)C(=O)/C2=N/[NH+]=C(N)N. The second-order valence-electron chi connectivity index (χ2n) is 5.37. The smallest absolute Gasteiger partial charge is 0.292 e. The molecule has 5 nitrogen and oxygen atoms in total. The van der Waals surface area contributed by atoms with Crippen LogP contribution < -0.4 is 16.6 Å². The number of fused-ring (bicyclic) bond motifs is 2. The van der Waals surface area contributed by atoms with Crippen LogP contribution in [0.5, 0.6) is 0 Å². The van der Waals surface area contributed by atoms with Crippen LogP contribution in [-0.2, 0) is 4.79 Å². The Hall–Kier alpha value is -0.910. The fourth-order valence-electron chi connectivity index (χ4n) is 3.17. The molecule has 0 unspecified atom stereocenters. The molecule has 0 radical (unpaired) electrons. The van der Waals surface area contributed by atoms with Gasteiger partial charge in [0, 0.05) is 16.7 Å². The minimum absolute atomic E-state index is 0.0128. The van der Waals surface area contributed by atoms with Crippen LogP contribution in [-0.4, -0.2) is 22.8 Å². The average molecular weight is 302 g/mol. The largest absolute Gasteiger partial charge is 0.362 e. The number of ketones is 1. The summed E-state index contributed by atoms with van der Waals surface area (Å²) >= 11 is 3.54. The number of halogens is 1. The quantitative estimate of drug-likeness (QED) is 0.267. The number of rotatable bonds is 2. The van der Waals surface area contributed by atoms with E-state index in [9.17, 15) is 4.79 Å². The molecule has 2 rings (SSSR count). The van der Waals surface area contributed by atoms with Crippen LogP contribution in [0.3, 0.4) is 0 Å². The highest BCUT2D eigenvalue weighted by Crippen LogP contribution is 2.63. The van der Waals surface area contributed by atoms with Gasteiger partial charge in [-0.3, -0.25) is 16.3 Å². The van der Waals surface area contributed by atoms with Gasteiger partial charge in [0.25, 0.3) is 0 Å². The molecule has 0 spiro atoms. The first-order valence-corrected chi connectivity index (χ1v) is 6.81. The monoisotopic (exact) mass is 301 g/mol. The molecular formula is C11H18BrN4O+. The third-order valence-electron chi connectivity index (χ3n) is 4.61. The lowest BCUT2D eigenvalue weighted by molar-refractivity contribution is -0.464. The number of hydrogen-bond donors (Lipinski definition) is 3. The van der Waals surface area contributed by atoms with Crippen molar-refractivity contribution in [1.82, 2.24) is 0 Å². The molecular weight excluding hydrogens is 284 g/mol. The molecule has 17 heavy (non-hydrogen) atoms. The zero-order valence-corrected chi connectivity index (χ0v) is 11.7. The lowest BCUT2D eigenvalue weighted by Crippen LogP contribution is -2.73. The summed E-state index contributed by atoms with van der Waals surface area (Å²) in [5.41, 5.74) is 10.8. The van der Waals surface area contributed by atoms with E-state index in [1.54, 1.807) is 0 Å². The Bertz CT molecular complexity index is 429. The molecule has 0 aliphatic heterocycles. The number of hydrazone groups is 1. The van der Waals surface area contributed by atoms with E-state index in [2.05, 4.69) is 33.1 Å². The van der Waals surface area contributed by atoms with Crippen molar-refractivity contribution in [3.8, 4) is 0 Å². The van der Waals surface area contributed by atoms with Crippen LogP contribution in [0, 0.1) is 16.7 Å². The molecule has 3 atom stereocenters. The number of Topliss-reactive ketones (excluding diaryl/α,β-unsaturated/α-hetero) is 1. The first-order chi connectivity index (χ1) is 7.87. The number of hydrogen-bond acceptors (Lipinski definition) is 2. The number of nitrogens with two attached hydrogens (primary N) is 2.